The van der Waals surface area contributed by atoms with Crippen LogP contribution in [0.15, 0.2) is 60.7 Å². The summed E-state index contributed by atoms with van der Waals surface area (Å²) in [5.41, 5.74) is -3.00. The summed E-state index contributed by atoms with van der Waals surface area (Å²) in [6.07, 6.45) is -0.492. The van der Waals surface area contributed by atoms with Crippen molar-refractivity contribution in [1.82, 2.24) is 10.2 Å². The van der Waals surface area contributed by atoms with Gasteiger partial charge in [0.15, 0.2) is 17.1 Å². The normalized spacial score (nSPS) is 28.2. The number of methoxy groups -OCH3 is 3. The summed E-state index contributed by atoms with van der Waals surface area (Å²) < 4.78 is 23.5. The zero-order valence-corrected chi connectivity index (χ0v) is 27.2. The second-order valence-corrected chi connectivity index (χ2v) is 12.6. The van der Waals surface area contributed by atoms with Gasteiger partial charge in [0.1, 0.15) is 35.1 Å². The third-order valence-electron chi connectivity index (χ3n) is 10.2. The van der Waals surface area contributed by atoms with E-state index < -0.39 is 41.2 Å². The van der Waals surface area contributed by atoms with Gasteiger partial charge in [-0.1, -0.05) is 50.2 Å². The Morgan fingerprint density at radius 3 is 2.40 bits per heavy atom. The number of aromatic hydroxyl groups is 1. The number of carbonyl (C=O) groups is 2. The molecule has 11 nitrogen and oxygen atoms in total. The van der Waals surface area contributed by atoms with Crippen LogP contribution >= 0.6 is 0 Å². The first kappa shape index (κ1) is 32.5. The van der Waals surface area contributed by atoms with Crippen LogP contribution < -0.4 is 24.3 Å². The average Bonchev–Trinajstić information content (AvgIpc) is 3.59. The summed E-state index contributed by atoms with van der Waals surface area (Å²) in [6, 6.07) is 16.9. The molecule has 7 atom stereocenters. The monoisotopic (exact) mass is 646 g/mol. The third kappa shape index (κ3) is 4.86. The first-order valence-electron chi connectivity index (χ1n) is 16.0. The number of carbonyl (C=O) groups excluding carboxylic acids is 2. The van der Waals surface area contributed by atoms with Gasteiger partial charge in [-0.3, -0.25) is 9.59 Å². The van der Waals surface area contributed by atoms with Gasteiger partial charge < -0.3 is 44.5 Å². The molecule has 2 bridgehead atoms. The summed E-state index contributed by atoms with van der Waals surface area (Å²) in [4.78, 5) is 29.8. The van der Waals surface area contributed by atoms with E-state index in [4.69, 9.17) is 18.9 Å². The van der Waals surface area contributed by atoms with Gasteiger partial charge in [0.2, 0.25) is 11.8 Å². The number of fused-ring (bicyclic) bond motifs is 4. The molecule has 250 valence electrons. The molecule has 47 heavy (non-hydrogen) atoms. The lowest BCUT2D eigenvalue weighted by Gasteiger charge is -2.45. The molecule has 1 saturated carbocycles. The number of phenols is 1. The molecule has 2 aliphatic heterocycles. The van der Waals surface area contributed by atoms with Crippen LogP contribution in [0.4, 0.5) is 0 Å². The van der Waals surface area contributed by atoms with Crippen molar-refractivity contribution >= 4 is 11.8 Å². The topological polar surface area (TPSA) is 147 Å². The SMILES string of the molecule is CCC(C)C(=O)N[C@@H]1CCCN1C(=O)[C@@H]1[C@@H](c2ccccc2)[C@]2(c3ccc(OC)c(O)c3)Oc3cc(OC)cc(OC)c3[C@@]1(O)[C@@H]2O. The molecule has 0 radical (unpaired) electrons. The Bertz CT molecular complexity index is 1670. The second kappa shape index (κ2) is 12.3. The number of hydrogen-bond acceptors (Lipinski definition) is 9. The highest BCUT2D eigenvalue weighted by molar-refractivity contribution is 5.86. The molecule has 4 N–H and O–H groups in total. The van der Waals surface area contributed by atoms with Crippen LogP contribution in [0.25, 0.3) is 0 Å². The van der Waals surface area contributed by atoms with Gasteiger partial charge in [0, 0.05) is 36.1 Å². The molecule has 1 saturated heterocycles. The fourth-order valence-electron chi connectivity index (χ4n) is 7.69. The molecule has 1 aliphatic carbocycles. The van der Waals surface area contributed by atoms with Crippen molar-refractivity contribution in [2.24, 2.45) is 11.8 Å². The quantitative estimate of drug-likeness (QED) is 0.273. The Morgan fingerprint density at radius 1 is 1.04 bits per heavy atom. The zero-order valence-electron chi connectivity index (χ0n) is 27.2. The zero-order chi connectivity index (χ0) is 33.7. The number of phenolic OH excluding ortho intramolecular Hbond substituents is 1. The molecule has 2 amide bonds. The first-order valence-corrected chi connectivity index (χ1v) is 16.0. The van der Waals surface area contributed by atoms with E-state index in [0.29, 0.717) is 42.7 Å². The molecular formula is C36H42N2O9. The Labute approximate surface area is 274 Å². The fraction of sp³-hybridized carbons (Fsp3) is 0.444. The maximum atomic E-state index is 15.1. The highest BCUT2D eigenvalue weighted by atomic mass is 16.5. The summed E-state index contributed by atoms with van der Waals surface area (Å²) in [7, 11) is 4.34. The molecule has 1 unspecified atom stereocenters. The van der Waals surface area contributed by atoms with Crippen molar-refractivity contribution in [3.8, 4) is 28.7 Å². The van der Waals surface area contributed by atoms with Crippen LogP contribution in [0.1, 0.15) is 55.7 Å². The number of nitrogens with zero attached hydrogens (tertiary/aromatic N) is 1. The number of benzene rings is 3. The Balaban J connectivity index is 1.62. The Morgan fingerprint density at radius 2 is 1.77 bits per heavy atom. The van der Waals surface area contributed by atoms with E-state index in [-0.39, 0.29) is 40.4 Å². The van der Waals surface area contributed by atoms with Gasteiger partial charge in [-0.05, 0) is 37.0 Å². The summed E-state index contributed by atoms with van der Waals surface area (Å²) in [5.74, 6) is -2.48. The van der Waals surface area contributed by atoms with E-state index >= 15 is 4.79 Å². The van der Waals surface area contributed by atoms with Crippen molar-refractivity contribution < 1.29 is 43.9 Å². The van der Waals surface area contributed by atoms with Gasteiger partial charge in [0.25, 0.3) is 0 Å². The molecule has 3 aliphatic rings. The van der Waals surface area contributed by atoms with E-state index in [9.17, 15) is 20.1 Å². The van der Waals surface area contributed by atoms with Gasteiger partial charge in [-0.15, -0.1) is 0 Å². The Hall–Kier alpha value is -4.48. The number of amides is 2. The molecular weight excluding hydrogens is 604 g/mol. The number of hydrogen-bond donors (Lipinski definition) is 4. The predicted molar refractivity (Wildman–Crippen MR) is 171 cm³/mol. The standard InChI is InChI=1S/C36H42N2O9/c1-6-20(2)32(40)37-28-13-10-16-38(28)33(41)31-29(21-11-8-7-9-12-21)36(22-14-15-25(45-4)24(39)17-22)34(42)35(31,43)30-26(46-5)18-23(44-3)19-27(30)47-36/h7-9,11-12,14-15,17-20,28-29,31,34,39,42-43H,6,10,13,16H2,1-5H3,(H,37,40)/t20?,28-,29+,31-,34-,35-,36-/m0/s1. The minimum absolute atomic E-state index is 0.109. The highest BCUT2D eigenvalue weighted by Crippen LogP contribution is 2.68. The largest absolute Gasteiger partial charge is 0.504 e. The molecule has 11 heteroatoms. The minimum Gasteiger partial charge on any atom is -0.504 e. The van der Waals surface area contributed by atoms with Crippen LogP contribution in [0.3, 0.4) is 0 Å². The van der Waals surface area contributed by atoms with Crippen molar-refractivity contribution in [2.75, 3.05) is 27.9 Å². The lowest BCUT2D eigenvalue weighted by atomic mass is 9.75. The van der Waals surface area contributed by atoms with Crippen LogP contribution in [-0.4, -0.2) is 72.2 Å². The van der Waals surface area contributed by atoms with Crippen LogP contribution in [0, 0.1) is 11.8 Å². The van der Waals surface area contributed by atoms with Crippen molar-refractivity contribution in [3.05, 3.63) is 77.4 Å². The molecule has 3 aromatic carbocycles. The molecule has 0 aromatic heterocycles. The van der Waals surface area contributed by atoms with Crippen LogP contribution in [-0.2, 0) is 20.8 Å². The molecule has 3 aromatic rings. The summed E-state index contributed by atoms with van der Waals surface area (Å²) in [5, 5.41) is 39.7. The lowest BCUT2D eigenvalue weighted by molar-refractivity contribution is -0.167. The number of rotatable bonds is 9. The van der Waals surface area contributed by atoms with Gasteiger partial charge >= 0.3 is 0 Å². The van der Waals surface area contributed by atoms with E-state index in [1.807, 2.05) is 44.2 Å². The molecule has 0 spiro atoms. The number of likely N-dealkylation sites (tertiary alicyclic amines) is 1. The van der Waals surface area contributed by atoms with E-state index in [0.717, 1.165) is 0 Å². The number of aliphatic hydroxyl groups is 2. The number of nitrogens with one attached hydrogen (secondary N) is 1. The fourth-order valence-corrected chi connectivity index (χ4v) is 7.69. The minimum atomic E-state index is -2.26. The van der Waals surface area contributed by atoms with E-state index in [1.54, 1.807) is 29.2 Å². The maximum absolute atomic E-state index is 15.1. The lowest BCUT2D eigenvalue weighted by Crippen LogP contribution is -2.56. The van der Waals surface area contributed by atoms with Crippen molar-refractivity contribution in [1.29, 1.82) is 0 Å². The van der Waals surface area contributed by atoms with E-state index in [2.05, 4.69) is 5.32 Å². The Kier molecular flexibility index (Phi) is 8.48. The van der Waals surface area contributed by atoms with Crippen molar-refractivity contribution in [2.45, 2.75) is 62.5 Å². The van der Waals surface area contributed by atoms with Crippen LogP contribution in [0.5, 0.6) is 28.7 Å². The highest BCUT2D eigenvalue weighted by Gasteiger charge is 2.76. The summed E-state index contributed by atoms with van der Waals surface area (Å²) >= 11 is 0. The van der Waals surface area contributed by atoms with Gasteiger partial charge in [-0.2, -0.15) is 0 Å². The maximum Gasteiger partial charge on any atom is 0.231 e. The molecule has 2 fully saturated rings. The number of ether oxygens (including phenoxy) is 4. The average molecular weight is 647 g/mol. The van der Waals surface area contributed by atoms with Gasteiger partial charge in [0.05, 0.1) is 32.8 Å². The third-order valence-corrected chi connectivity index (χ3v) is 10.2. The smallest absolute Gasteiger partial charge is 0.231 e. The summed E-state index contributed by atoms with van der Waals surface area (Å²) in [6.45, 7) is 4.11. The molecule has 2 heterocycles. The number of aliphatic hydroxyl groups excluding tert-OH is 1. The van der Waals surface area contributed by atoms with Crippen molar-refractivity contribution in [3.63, 3.8) is 0 Å². The first-order chi connectivity index (χ1) is 22.6. The van der Waals surface area contributed by atoms with E-state index in [1.165, 1.54) is 27.4 Å². The van der Waals surface area contributed by atoms with Crippen LogP contribution in [0.2, 0.25) is 0 Å². The van der Waals surface area contributed by atoms with Gasteiger partial charge in [-0.25, -0.2) is 0 Å². The molecule has 6 rings (SSSR count). The second-order valence-electron chi connectivity index (χ2n) is 12.6. The predicted octanol–water partition coefficient (Wildman–Crippen LogP) is 3.78.